The molecule has 4 N–H and O–H groups in total. The Morgan fingerprint density at radius 2 is 1.53 bits per heavy atom. The molecule has 3 rings (SSSR count). The summed E-state index contributed by atoms with van der Waals surface area (Å²) in [5.74, 6) is -0.867. The number of carbonyl (C=O) groups excluding carboxylic acids is 1. The maximum absolute atomic E-state index is 12.0. The summed E-state index contributed by atoms with van der Waals surface area (Å²) in [7, 11) is 4.29. The molecule has 1 amide bonds. The first-order valence-electron chi connectivity index (χ1n) is 12.3. The van der Waals surface area contributed by atoms with E-state index in [2.05, 4.69) is 60.7 Å². The third-order valence-corrected chi connectivity index (χ3v) is 6.68. The first kappa shape index (κ1) is 27.5. The second kappa shape index (κ2) is 14.5. The third-order valence-electron chi connectivity index (χ3n) is 6.68. The highest BCUT2D eigenvalue weighted by molar-refractivity contribution is 5.77. The van der Waals surface area contributed by atoms with E-state index in [0.29, 0.717) is 12.8 Å². The molecule has 0 saturated heterocycles. The molecule has 6 heteroatoms. The van der Waals surface area contributed by atoms with Crippen LogP contribution in [0, 0.1) is 0 Å². The van der Waals surface area contributed by atoms with Crippen LogP contribution in [0.15, 0.2) is 60.7 Å². The Labute approximate surface area is 204 Å². The average Bonchev–Trinajstić information content (AvgIpc) is 2.82. The molecule has 1 aliphatic rings. The topological polar surface area (TPSA) is 95.7 Å². The minimum atomic E-state index is -0.845. The number of hydrogen-bond donors (Lipinski definition) is 3. The highest BCUT2D eigenvalue weighted by Gasteiger charge is 2.37. The van der Waals surface area contributed by atoms with Crippen molar-refractivity contribution in [1.82, 2.24) is 10.2 Å². The Kier molecular flexibility index (Phi) is 11.8. The Hall–Kier alpha value is -2.70. The molecular weight excluding hydrogens is 426 g/mol. The summed E-state index contributed by atoms with van der Waals surface area (Å²) in [5.41, 5.74) is 8.18. The van der Waals surface area contributed by atoms with E-state index in [0.717, 1.165) is 45.1 Å². The summed E-state index contributed by atoms with van der Waals surface area (Å²) in [6, 6.07) is 21.0. The molecule has 0 aromatic heterocycles. The number of benzene rings is 2. The molecule has 1 aliphatic carbocycles. The van der Waals surface area contributed by atoms with Crippen LogP contribution in [0.3, 0.4) is 0 Å². The zero-order valence-corrected chi connectivity index (χ0v) is 20.7. The minimum absolute atomic E-state index is 0.0216. The van der Waals surface area contributed by atoms with Crippen molar-refractivity contribution < 1.29 is 14.7 Å². The van der Waals surface area contributed by atoms with E-state index in [4.69, 9.17) is 10.8 Å². The number of rotatable bonds is 10. The van der Waals surface area contributed by atoms with Crippen LogP contribution in [0.4, 0.5) is 0 Å². The second-order valence-corrected chi connectivity index (χ2v) is 9.39. The molecule has 0 heterocycles. The molecule has 0 spiro atoms. The zero-order valence-electron chi connectivity index (χ0n) is 20.7. The number of amides is 1. The van der Waals surface area contributed by atoms with Gasteiger partial charge in [0, 0.05) is 24.4 Å². The minimum Gasteiger partial charge on any atom is -0.481 e. The SMILES string of the molecule is CN(C)C1(Cc2ccccc2)CCC(NC(=O)CCCC(=O)O)CC1.NCCc1ccccc1. The number of aliphatic carboxylic acids is 1. The number of carbonyl (C=O) groups is 2. The molecule has 0 bridgehead atoms. The third kappa shape index (κ3) is 9.65. The lowest BCUT2D eigenvalue weighted by atomic mass is 9.75. The van der Waals surface area contributed by atoms with E-state index in [-0.39, 0.29) is 23.9 Å². The number of likely N-dealkylation sites (N-methyl/N-ethyl adjacent to an activating group) is 1. The fourth-order valence-electron chi connectivity index (χ4n) is 4.57. The Balaban J connectivity index is 0.000000379. The molecule has 2 aromatic rings. The van der Waals surface area contributed by atoms with Crippen LogP contribution in [0.5, 0.6) is 0 Å². The Bertz CT molecular complexity index is 848. The Morgan fingerprint density at radius 3 is 2.03 bits per heavy atom. The van der Waals surface area contributed by atoms with Crippen molar-refractivity contribution in [2.45, 2.75) is 69.4 Å². The average molecular weight is 468 g/mol. The van der Waals surface area contributed by atoms with Gasteiger partial charge in [-0.05, 0) is 76.7 Å². The predicted molar refractivity (Wildman–Crippen MR) is 138 cm³/mol. The fraction of sp³-hybridized carbons (Fsp3) is 0.500. The first-order chi connectivity index (χ1) is 16.3. The number of hydrogen-bond acceptors (Lipinski definition) is 4. The van der Waals surface area contributed by atoms with Gasteiger partial charge in [0.1, 0.15) is 0 Å². The molecule has 0 radical (unpaired) electrons. The smallest absolute Gasteiger partial charge is 0.303 e. The van der Waals surface area contributed by atoms with Gasteiger partial charge >= 0.3 is 5.97 Å². The van der Waals surface area contributed by atoms with Crippen LogP contribution in [0.25, 0.3) is 0 Å². The van der Waals surface area contributed by atoms with Crippen LogP contribution in [-0.2, 0) is 22.4 Å². The normalized spacial score (nSPS) is 19.7. The lowest BCUT2D eigenvalue weighted by Gasteiger charge is -2.45. The fourth-order valence-corrected chi connectivity index (χ4v) is 4.57. The molecule has 6 nitrogen and oxygen atoms in total. The van der Waals surface area contributed by atoms with Gasteiger partial charge in [-0.2, -0.15) is 0 Å². The summed E-state index contributed by atoms with van der Waals surface area (Å²) in [6.45, 7) is 0.740. The molecule has 1 fully saturated rings. The summed E-state index contributed by atoms with van der Waals surface area (Å²) in [4.78, 5) is 24.8. The molecule has 2 aromatic carbocycles. The van der Waals surface area contributed by atoms with Crippen molar-refractivity contribution in [3.63, 3.8) is 0 Å². The van der Waals surface area contributed by atoms with Crippen LogP contribution in [-0.4, -0.2) is 54.1 Å². The number of carboxylic acid groups (broad SMARTS) is 1. The predicted octanol–water partition coefficient (Wildman–Crippen LogP) is 4.03. The maximum atomic E-state index is 12.0. The highest BCUT2D eigenvalue weighted by Crippen LogP contribution is 2.35. The number of nitrogens with zero attached hydrogens (tertiary/aromatic N) is 1. The quantitative estimate of drug-likeness (QED) is 0.490. The van der Waals surface area contributed by atoms with Crippen molar-refractivity contribution in [1.29, 1.82) is 0 Å². The van der Waals surface area contributed by atoms with E-state index >= 15 is 0 Å². The van der Waals surface area contributed by atoms with Gasteiger partial charge in [-0.1, -0.05) is 60.7 Å². The second-order valence-electron chi connectivity index (χ2n) is 9.39. The number of nitrogens with two attached hydrogens (primary N) is 1. The van der Waals surface area contributed by atoms with Crippen LogP contribution >= 0.6 is 0 Å². The van der Waals surface area contributed by atoms with Gasteiger partial charge in [-0.25, -0.2) is 0 Å². The van der Waals surface area contributed by atoms with Gasteiger partial charge < -0.3 is 21.1 Å². The molecule has 0 aliphatic heterocycles. The van der Waals surface area contributed by atoms with Gasteiger partial charge in [0.2, 0.25) is 5.91 Å². The van der Waals surface area contributed by atoms with Crippen molar-refractivity contribution in [3.8, 4) is 0 Å². The standard InChI is InChI=1S/C20H30N2O3.C8H11N/c1-22(2)20(15-16-7-4-3-5-8-16)13-11-17(12-14-20)21-18(23)9-6-10-19(24)25;9-7-6-8-4-2-1-3-5-8/h3-5,7-8,17H,6,9-15H2,1-2H3,(H,21,23)(H,24,25);1-5H,6-7,9H2. The van der Waals surface area contributed by atoms with E-state index in [1.807, 2.05) is 24.3 Å². The lowest BCUT2D eigenvalue weighted by Crippen LogP contribution is -2.52. The van der Waals surface area contributed by atoms with Crippen molar-refractivity contribution in [2.75, 3.05) is 20.6 Å². The van der Waals surface area contributed by atoms with E-state index in [9.17, 15) is 9.59 Å². The maximum Gasteiger partial charge on any atom is 0.303 e. The Morgan fingerprint density at radius 1 is 0.971 bits per heavy atom. The highest BCUT2D eigenvalue weighted by atomic mass is 16.4. The summed E-state index contributed by atoms with van der Waals surface area (Å²) < 4.78 is 0. The van der Waals surface area contributed by atoms with Gasteiger partial charge in [0.15, 0.2) is 0 Å². The van der Waals surface area contributed by atoms with Crippen LogP contribution < -0.4 is 11.1 Å². The molecule has 186 valence electrons. The molecule has 34 heavy (non-hydrogen) atoms. The largest absolute Gasteiger partial charge is 0.481 e. The van der Waals surface area contributed by atoms with Gasteiger partial charge in [-0.15, -0.1) is 0 Å². The number of carboxylic acids is 1. The summed E-state index contributed by atoms with van der Waals surface area (Å²) >= 11 is 0. The monoisotopic (exact) mass is 467 g/mol. The zero-order chi connectivity index (χ0) is 24.8. The van der Waals surface area contributed by atoms with Gasteiger partial charge in [-0.3, -0.25) is 9.59 Å². The van der Waals surface area contributed by atoms with Crippen molar-refractivity contribution in [3.05, 3.63) is 71.8 Å². The molecule has 0 atom stereocenters. The number of nitrogens with one attached hydrogen (secondary N) is 1. The molecule has 1 saturated carbocycles. The first-order valence-corrected chi connectivity index (χ1v) is 12.3. The van der Waals surface area contributed by atoms with E-state index in [1.165, 1.54) is 11.1 Å². The summed E-state index contributed by atoms with van der Waals surface area (Å²) in [6.07, 6.45) is 6.81. The van der Waals surface area contributed by atoms with Gasteiger partial charge in [0.25, 0.3) is 0 Å². The van der Waals surface area contributed by atoms with E-state index in [1.54, 1.807) is 0 Å². The van der Waals surface area contributed by atoms with Crippen molar-refractivity contribution >= 4 is 11.9 Å². The lowest BCUT2D eigenvalue weighted by molar-refractivity contribution is -0.137. The van der Waals surface area contributed by atoms with Crippen LogP contribution in [0.2, 0.25) is 0 Å². The van der Waals surface area contributed by atoms with Crippen molar-refractivity contribution in [2.24, 2.45) is 5.73 Å². The summed E-state index contributed by atoms with van der Waals surface area (Å²) in [5, 5.41) is 11.7. The van der Waals surface area contributed by atoms with Gasteiger partial charge in [0.05, 0.1) is 0 Å². The molecule has 0 unspecified atom stereocenters. The molecular formula is C28H41N3O3. The van der Waals surface area contributed by atoms with Crippen LogP contribution in [0.1, 0.15) is 56.1 Å². The van der Waals surface area contributed by atoms with E-state index < -0.39 is 5.97 Å².